The molecule has 3 aromatic carbocycles. The van der Waals surface area contributed by atoms with E-state index in [0.717, 1.165) is 27.7 Å². The summed E-state index contributed by atoms with van der Waals surface area (Å²) in [6.45, 7) is 4.20. The Hall–Kier alpha value is -2.28. The maximum Gasteiger partial charge on any atom is 0.243 e. The quantitative estimate of drug-likeness (QED) is 0.600. The Bertz CT molecular complexity index is 1190. The van der Waals surface area contributed by atoms with Gasteiger partial charge in [-0.05, 0) is 36.8 Å². The van der Waals surface area contributed by atoms with Gasteiger partial charge in [0, 0.05) is 67.4 Å². The van der Waals surface area contributed by atoms with Crippen LogP contribution in [0.4, 0.5) is 11.4 Å². The summed E-state index contributed by atoms with van der Waals surface area (Å²) in [6, 6.07) is 17.2. The van der Waals surface area contributed by atoms with Gasteiger partial charge in [0.15, 0.2) is 0 Å². The summed E-state index contributed by atoms with van der Waals surface area (Å²) >= 11 is 6.17. The van der Waals surface area contributed by atoms with Crippen LogP contribution in [0.3, 0.4) is 0 Å². The molecule has 0 aliphatic carbocycles. The molecule has 0 bridgehead atoms. The van der Waals surface area contributed by atoms with Gasteiger partial charge in [-0.25, -0.2) is 8.42 Å². The van der Waals surface area contributed by atoms with Crippen molar-refractivity contribution in [3.8, 4) is 0 Å². The third-order valence-corrected chi connectivity index (χ3v) is 7.90. The van der Waals surface area contributed by atoms with Crippen LogP contribution in [0.2, 0.25) is 5.02 Å². The summed E-state index contributed by atoms with van der Waals surface area (Å²) in [5, 5.41) is 2.40. The Morgan fingerprint density at radius 2 is 1.57 bits per heavy atom. The molecule has 1 aliphatic rings. The highest BCUT2D eigenvalue weighted by Crippen LogP contribution is 2.32. The molecule has 0 aromatic heterocycles. The van der Waals surface area contributed by atoms with Crippen LogP contribution < -0.4 is 9.80 Å². The van der Waals surface area contributed by atoms with Gasteiger partial charge in [0.05, 0.1) is 4.90 Å². The average molecular weight is 444 g/mol. The maximum atomic E-state index is 13.5. The Balaban J connectivity index is 1.63. The SMILES string of the molecule is Cc1ccc(Cl)cc1N1CCN(S(=O)(=O)c2cccc3c(N(C)C)cccc23)CC1. The lowest BCUT2D eigenvalue weighted by Gasteiger charge is -2.36. The number of benzene rings is 3. The summed E-state index contributed by atoms with van der Waals surface area (Å²) in [6.07, 6.45) is 0. The molecule has 0 spiro atoms. The summed E-state index contributed by atoms with van der Waals surface area (Å²) < 4.78 is 28.6. The first-order chi connectivity index (χ1) is 14.3. The monoisotopic (exact) mass is 443 g/mol. The maximum absolute atomic E-state index is 13.5. The van der Waals surface area contributed by atoms with Crippen LogP contribution in [0.1, 0.15) is 5.56 Å². The van der Waals surface area contributed by atoms with Gasteiger partial charge < -0.3 is 9.80 Å². The first kappa shape index (κ1) is 21.0. The molecular formula is C23H26ClN3O2S. The predicted octanol–water partition coefficient (Wildman–Crippen LogP) is 4.38. The van der Waals surface area contributed by atoms with Crippen LogP contribution in [0.25, 0.3) is 10.8 Å². The Kier molecular flexibility index (Phi) is 5.66. The van der Waals surface area contributed by atoms with Crippen molar-refractivity contribution in [2.24, 2.45) is 0 Å². The highest BCUT2D eigenvalue weighted by molar-refractivity contribution is 7.89. The molecule has 0 saturated carbocycles. The molecule has 1 saturated heterocycles. The predicted molar refractivity (Wildman–Crippen MR) is 125 cm³/mol. The second-order valence-electron chi connectivity index (χ2n) is 7.84. The molecule has 4 rings (SSSR count). The number of sulfonamides is 1. The first-order valence-electron chi connectivity index (χ1n) is 9.99. The van der Waals surface area contributed by atoms with E-state index in [4.69, 9.17) is 11.6 Å². The van der Waals surface area contributed by atoms with Crippen LogP contribution in [-0.2, 0) is 10.0 Å². The van der Waals surface area contributed by atoms with E-state index in [1.54, 1.807) is 10.4 Å². The highest BCUT2D eigenvalue weighted by Gasteiger charge is 2.30. The molecule has 5 nitrogen and oxygen atoms in total. The van der Waals surface area contributed by atoms with E-state index >= 15 is 0 Å². The number of anilines is 2. The molecule has 0 N–H and O–H groups in total. The molecule has 1 heterocycles. The normalized spacial score (nSPS) is 15.5. The molecule has 0 amide bonds. The molecule has 1 fully saturated rings. The number of rotatable bonds is 4. The van der Waals surface area contributed by atoms with Gasteiger partial charge in [0.25, 0.3) is 0 Å². The molecule has 1 aliphatic heterocycles. The number of hydrogen-bond acceptors (Lipinski definition) is 4. The van der Waals surface area contributed by atoms with Crippen molar-refractivity contribution in [3.05, 3.63) is 65.2 Å². The molecule has 3 aromatic rings. The van der Waals surface area contributed by atoms with Crippen molar-refractivity contribution in [1.82, 2.24) is 4.31 Å². The van der Waals surface area contributed by atoms with Crippen LogP contribution in [0, 0.1) is 6.92 Å². The zero-order valence-electron chi connectivity index (χ0n) is 17.5. The smallest absolute Gasteiger partial charge is 0.243 e. The Morgan fingerprint density at radius 3 is 2.27 bits per heavy atom. The topological polar surface area (TPSA) is 43.9 Å². The minimum atomic E-state index is -3.59. The van der Waals surface area contributed by atoms with E-state index in [2.05, 4.69) is 4.90 Å². The number of fused-ring (bicyclic) bond motifs is 1. The number of nitrogens with zero attached hydrogens (tertiary/aromatic N) is 3. The van der Waals surface area contributed by atoms with Crippen LogP contribution >= 0.6 is 11.6 Å². The Morgan fingerprint density at radius 1 is 0.900 bits per heavy atom. The van der Waals surface area contributed by atoms with Crippen LogP contribution in [0.5, 0.6) is 0 Å². The third kappa shape index (κ3) is 3.75. The highest BCUT2D eigenvalue weighted by atomic mass is 35.5. The number of hydrogen-bond donors (Lipinski definition) is 0. The van der Waals surface area contributed by atoms with Crippen LogP contribution in [-0.4, -0.2) is 53.0 Å². The second kappa shape index (κ2) is 8.10. The Labute approximate surface area is 183 Å². The van der Waals surface area contributed by atoms with Gasteiger partial charge in [-0.3, -0.25) is 0 Å². The lowest BCUT2D eigenvalue weighted by molar-refractivity contribution is 0.385. The molecule has 7 heteroatoms. The minimum absolute atomic E-state index is 0.371. The van der Waals surface area contributed by atoms with Gasteiger partial charge in [-0.15, -0.1) is 0 Å². The molecular weight excluding hydrogens is 418 g/mol. The van der Waals surface area contributed by atoms with Crippen molar-refractivity contribution in [2.45, 2.75) is 11.8 Å². The fourth-order valence-electron chi connectivity index (χ4n) is 4.11. The molecule has 0 atom stereocenters. The first-order valence-corrected chi connectivity index (χ1v) is 11.8. The van der Waals surface area contributed by atoms with E-state index in [-0.39, 0.29) is 0 Å². The van der Waals surface area contributed by atoms with Crippen LogP contribution in [0.15, 0.2) is 59.5 Å². The minimum Gasteiger partial charge on any atom is -0.377 e. The van der Waals surface area contributed by atoms with Gasteiger partial charge in [-0.2, -0.15) is 4.31 Å². The van der Waals surface area contributed by atoms with Crippen molar-refractivity contribution in [1.29, 1.82) is 0 Å². The largest absolute Gasteiger partial charge is 0.377 e. The third-order valence-electron chi connectivity index (χ3n) is 5.71. The molecule has 0 unspecified atom stereocenters. The van der Waals surface area contributed by atoms with Gasteiger partial charge in [-0.1, -0.05) is 41.9 Å². The zero-order valence-corrected chi connectivity index (χ0v) is 19.0. The standard InChI is InChI=1S/C23H26ClN3O2S/c1-17-10-11-18(24)16-22(17)26-12-14-27(15-13-26)30(28,29)23-9-5-6-19-20(23)7-4-8-21(19)25(2)3/h4-11,16H,12-15H2,1-3H3. The van der Waals surface area contributed by atoms with E-state index in [9.17, 15) is 8.42 Å². The van der Waals surface area contributed by atoms with Crippen molar-refractivity contribution >= 4 is 43.8 Å². The van der Waals surface area contributed by atoms with E-state index in [1.165, 1.54) is 0 Å². The van der Waals surface area contributed by atoms with E-state index in [0.29, 0.717) is 36.1 Å². The van der Waals surface area contributed by atoms with Crippen molar-refractivity contribution in [2.75, 3.05) is 50.1 Å². The lowest BCUT2D eigenvalue weighted by Crippen LogP contribution is -2.48. The fourth-order valence-corrected chi connectivity index (χ4v) is 5.91. The molecule has 158 valence electrons. The van der Waals surface area contributed by atoms with Crippen molar-refractivity contribution in [3.63, 3.8) is 0 Å². The summed E-state index contributed by atoms with van der Waals surface area (Å²) in [4.78, 5) is 4.58. The fraction of sp³-hybridized carbons (Fsp3) is 0.304. The zero-order chi connectivity index (χ0) is 21.5. The number of halogens is 1. The molecule has 0 radical (unpaired) electrons. The molecule has 30 heavy (non-hydrogen) atoms. The summed E-state index contributed by atoms with van der Waals surface area (Å²) in [7, 11) is 0.338. The lowest BCUT2D eigenvalue weighted by atomic mass is 10.1. The summed E-state index contributed by atoms with van der Waals surface area (Å²) in [5.41, 5.74) is 3.21. The second-order valence-corrected chi connectivity index (χ2v) is 10.2. The van der Waals surface area contributed by atoms with E-state index < -0.39 is 10.0 Å². The average Bonchev–Trinajstić information content (AvgIpc) is 2.74. The van der Waals surface area contributed by atoms with Gasteiger partial charge in [0.1, 0.15) is 0 Å². The summed E-state index contributed by atoms with van der Waals surface area (Å²) in [5.74, 6) is 0. The van der Waals surface area contributed by atoms with E-state index in [1.807, 2.05) is 74.4 Å². The number of piperazine rings is 1. The van der Waals surface area contributed by atoms with Gasteiger partial charge >= 0.3 is 0 Å². The number of aryl methyl sites for hydroxylation is 1. The van der Waals surface area contributed by atoms with Gasteiger partial charge in [0.2, 0.25) is 10.0 Å². The van der Waals surface area contributed by atoms with Crippen molar-refractivity contribution < 1.29 is 8.42 Å².